The number of nitrogens with zero attached hydrogens (tertiary/aromatic N) is 3. The number of amidine groups is 1. The lowest BCUT2D eigenvalue weighted by molar-refractivity contribution is 0.450. The van der Waals surface area contributed by atoms with Gasteiger partial charge in [0.1, 0.15) is 5.65 Å². The van der Waals surface area contributed by atoms with E-state index in [2.05, 4.69) is 46.3 Å². The molecule has 9 heteroatoms. The molecule has 4 aromatic rings. The van der Waals surface area contributed by atoms with E-state index in [9.17, 15) is 4.79 Å². The van der Waals surface area contributed by atoms with E-state index in [4.69, 9.17) is 17.3 Å². The van der Waals surface area contributed by atoms with E-state index in [1.54, 1.807) is 19.2 Å². The Morgan fingerprint density at radius 1 is 1.24 bits per heavy atom. The molecule has 0 bridgehead atoms. The summed E-state index contributed by atoms with van der Waals surface area (Å²) in [6.07, 6.45) is 10.8. The monoisotopic (exact) mass is 588 g/mol. The summed E-state index contributed by atoms with van der Waals surface area (Å²) in [4.78, 5) is 24.7. The van der Waals surface area contributed by atoms with E-state index in [1.165, 1.54) is 4.57 Å². The number of hydrogen-bond acceptors (Lipinski definition) is 4. The quantitative estimate of drug-likeness (QED) is 0.107. The predicted molar refractivity (Wildman–Crippen MR) is 170 cm³/mol. The largest absolute Gasteiger partial charge is 0.388 e. The molecule has 0 saturated heterocycles. The van der Waals surface area contributed by atoms with Crippen LogP contribution in [0.3, 0.4) is 0 Å². The summed E-state index contributed by atoms with van der Waals surface area (Å²) in [5, 5.41) is 4.45. The molecule has 0 unspecified atom stereocenters. The Morgan fingerprint density at radius 3 is 2.76 bits per heavy atom. The number of benzene rings is 2. The highest BCUT2D eigenvalue weighted by molar-refractivity contribution is 6.31. The average molecular weight is 589 g/mol. The molecule has 5 rings (SSSR count). The van der Waals surface area contributed by atoms with Crippen LogP contribution in [0.15, 0.2) is 70.6 Å². The first-order valence-electron chi connectivity index (χ1n) is 14.6. The summed E-state index contributed by atoms with van der Waals surface area (Å²) < 4.78 is 16.6. The molecule has 0 amide bonds. The number of fused-ring (bicyclic) bond motifs is 1. The molecule has 42 heavy (non-hydrogen) atoms. The number of aromatic nitrogens is 3. The molecule has 1 aliphatic heterocycles. The number of aromatic amines is 1. The van der Waals surface area contributed by atoms with Crippen LogP contribution < -0.4 is 16.7 Å². The molecule has 0 saturated carbocycles. The Morgan fingerprint density at radius 2 is 2.02 bits per heavy atom. The van der Waals surface area contributed by atoms with Gasteiger partial charge in [0.2, 0.25) is 0 Å². The number of nitrogens with one attached hydrogen (secondary N) is 2. The standard InChI is InChI=1S/C33H38ClFN6O/c1-20(2)6-4-7-22-16-27(31(35)28(34)17-22)30-18-24-19-41(33(42)40-32(24)39-30)26-12-10-23(11-13-26)29-9-5-8-25(38-29)14-15-37-21(3)36/h5,8,10-13,16-20,25,29,38H,4,6-7,9,14-15H2,1-3H3,(H2,36,37)(H,39,40,42)/t25-,29-/m0/s1. The summed E-state index contributed by atoms with van der Waals surface area (Å²) >= 11 is 6.27. The molecule has 7 nitrogen and oxygen atoms in total. The topological polar surface area (TPSA) is 101 Å². The molecule has 2 aromatic carbocycles. The molecular weight excluding hydrogens is 551 g/mol. The van der Waals surface area contributed by atoms with Crippen molar-refractivity contribution in [1.82, 2.24) is 19.9 Å². The van der Waals surface area contributed by atoms with Gasteiger partial charge in [0.05, 0.1) is 22.2 Å². The van der Waals surface area contributed by atoms with E-state index in [-0.39, 0.29) is 17.1 Å². The minimum atomic E-state index is -0.489. The van der Waals surface area contributed by atoms with Crippen LogP contribution in [0.4, 0.5) is 4.39 Å². The van der Waals surface area contributed by atoms with Crippen LogP contribution in [-0.4, -0.2) is 33.0 Å². The van der Waals surface area contributed by atoms with Crippen molar-refractivity contribution in [2.45, 2.75) is 65.0 Å². The highest BCUT2D eigenvalue weighted by Crippen LogP contribution is 2.31. The van der Waals surface area contributed by atoms with Gasteiger partial charge >= 0.3 is 5.69 Å². The van der Waals surface area contributed by atoms with Crippen molar-refractivity contribution in [3.63, 3.8) is 0 Å². The highest BCUT2D eigenvalue weighted by Gasteiger charge is 2.19. The second-order valence-electron chi connectivity index (χ2n) is 11.5. The Labute approximate surface area is 250 Å². The number of rotatable bonds is 10. The minimum absolute atomic E-state index is 0.0896. The van der Waals surface area contributed by atoms with Crippen LogP contribution in [-0.2, 0) is 6.42 Å². The van der Waals surface area contributed by atoms with Crippen LogP contribution in [0.5, 0.6) is 0 Å². The van der Waals surface area contributed by atoms with Crippen molar-refractivity contribution >= 4 is 28.5 Å². The third-order valence-corrected chi connectivity index (χ3v) is 7.94. The maximum Gasteiger partial charge on any atom is 0.354 e. The number of nitrogens with two attached hydrogens (primary N) is 1. The second-order valence-corrected chi connectivity index (χ2v) is 11.9. The molecule has 3 heterocycles. The zero-order chi connectivity index (χ0) is 29.8. The van der Waals surface area contributed by atoms with E-state index in [1.807, 2.05) is 36.4 Å². The van der Waals surface area contributed by atoms with E-state index in [0.29, 0.717) is 46.3 Å². The summed E-state index contributed by atoms with van der Waals surface area (Å²) in [6, 6.07) is 13.7. The first-order valence-corrected chi connectivity index (χ1v) is 15.0. The highest BCUT2D eigenvalue weighted by atomic mass is 35.5. The van der Waals surface area contributed by atoms with Gasteiger partial charge in [0, 0.05) is 35.8 Å². The zero-order valence-corrected chi connectivity index (χ0v) is 25.1. The molecule has 2 aromatic heterocycles. The van der Waals surface area contributed by atoms with Crippen molar-refractivity contribution in [2.24, 2.45) is 16.6 Å². The molecule has 4 N–H and O–H groups in total. The molecule has 2 atom stereocenters. The second kappa shape index (κ2) is 13.0. The Hall–Kier alpha value is -3.75. The summed E-state index contributed by atoms with van der Waals surface area (Å²) in [6.45, 7) is 6.86. The minimum Gasteiger partial charge on any atom is -0.388 e. The maximum absolute atomic E-state index is 15.1. The Kier molecular flexibility index (Phi) is 9.24. The van der Waals surface area contributed by atoms with Crippen molar-refractivity contribution in [3.05, 3.63) is 93.3 Å². The van der Waals surface area contributed by atoms with Crippen LogP contribution in [0.2, 0.25) is 5.02 Å². The smallest absolute Gasteiger partial charge is 0.354 e. The predicted octanol–water partition coefficient (Wildman–Crippen LogP) is 6.88. The van der Waals surface area contributed by atoms with Crippen LogP contribution in [0.1, 0.15) is 63.6 Å². The zero-order valence-electron chi connectivity index (χ0n) is 24.3. The van der Waals surface area contributed by atoms with Crippen molar-refractivity contribution in [2.75, 3.05) is 6.54 Å². The number of halogens is 2. The van der Waals surface area contributed by atoms with Crippen molar-refractivity contribution < 1.29 is 4.39 Å². The van der Waals surface area contributed by atoms with Crippen LogP contribution >= 0.6 is 11.6 Å². The van der Waals surface area contributed by atoms with Gasteiger partial charge < -0.3 is 16.0 Å². The maximum atomic E-state index is 15.1. The van der Waals surface area contributed by atoms with Gasteiger partial charge in [0.15, 0.2) is 5.82 Å². The van der Waals surface area contributed by atoms with Gasteiger partial charge in [-0.15, -0.1) is 0 Å². The molecule has 0 spiro atoms. The normalized spacial score (nSPS) is 17.4. The summed E-state index contributed by atoms with van der Waals surface area (Å²) in [5.74, 6) is 0.714. The Balaban J connectivity index is 1.36. The lowest BCUT2D eigenvalue weighted by Gasteiger charge is -2.27. The van der Waals surface area contributed by atoms with Gasteiger partial charge in [-0.1, -0.05) is 56.2 Å². The summed E-state index contributed by atoms with van der Waals surface area (Å²) in [5.41, 5.74) is 9.38. The van der Waals surface area contributed by atoms with Gasteiger partial charge in [-0.05, 0) is 80.0 Å². The fraction of sp³-hybridized carbons (Fsp3) is 0.364. The number of H-pyrrole nitrogens is 1. The van der Waals surface area contributed by atoms with Crippen LogP contribution in [0, 0.1) is 11.7 Å². The number of hydrogen-bond donors (Lipinski definition) is 3. The van der Waals surface area contributed by atoms with Crippen molar-refractivity contribution in [3.8, 4) is 16.9 Å². The van der Waals surface area contributed by atoms with E-state index < -0.39 is 11.5 Å². The van der Waals surface area contributed by atoms with Crippen LogP contribution in [0.25, 0.3) is 28.0 Å². The average Bonchev–Trinajstić information content (AvgIpc) is 3.37. The molecule has 0 radical (unpaired) electrons. The lowest BCUT2D eigenvalue weighted by Crippen LogP contribution is -2.34. The Bertz CT molecular complexity index is 1670. The fourth-order valence-electron chi connectivity index (χ4n) is 5.44. The molecule has 0 aliphatic carbocycles. The third-order valence-electron chi connectivity index (χ3n) is 7.66. The molecule has 1 aliphatic rings. The molecular formula is C33H38ClFN6O. The lowest BCUT2D eigenvalue weighted by atomic mass is 9.97. The van der Waals surface area contributed by atoms with Crippen molar-refractivity contribution in [1.29, 1.82) is 0 Å². The van der Waals surface area contributed by atoms with Gasteiger partial charge in [-0.25, -0.2) is 9.18 Å². The molecule has 0 fully saturated rings. The van der Waals surface area contributed by atoms with Gasteiger partial charge in [0.25, 0.3) is 0 Å². The van der Waals surface area contributed by atoms with E-state index in [0.717, 1.165) is 43.2 Å². The third kappa shape index (κ3) is 6.99. The van der Waals surface area contributed by atoms with Gasteiger partial charge in [-0.2, -0.15) is 4.98 Å². The first kappa shape index (κ1) is 29.7. The number of aryl methyl sites for hydroxylation is 1. The SMILES string of the molecule is CC(N)=NCC[C@@H]1C=CC[C@@H](c2ccc(-n3cc4cc(-c5cc(CCCC(C)C)cc(Cl)c5F)[nH]c4nc3=O)cc2)N1. The first-order chi connectivity index (χ1) is 20.2. The fourth-order valence-corrected chi connectivity index (χ4v) is 5.69. The summed E-state index contributed by atoms with van der Waals surface area (Å²) in [7, 11) is 0. The van der Waals surface area contributed by atoms with Gasteiger partial charge in [-0.3, -0.25) is 9.56 Å². The molecule has 220 valence electrons. The van der Waals surface area contributed by atoms with E-state index >= 15 is 4.39 Å². The number of aliphatic imine (C=N–C) groups is 1.